The molecule has 5 rings (SSSR count). The summed E-state index contributed by atoms with van der Waals surface area (Å²) >= 11 is 0. The molecule has 1 aliphatic carbocycles. The molecule has 0 amide bonds. The van der Waals surface area contributed by atoms with E-state index < -0.39 is 12.0 Å². The second kappa shape index (κ2) is 7.07. The molecule has 30 heavy (non-hydrogen) atoms. The molecule has 3 aliphatic rings. The van der Waals surface area contributed by atoms with E-state index in [9.17, 15) is 9.90 Å². The summed E-state index contributed by atoms with van der Waals surface area (Å²) < 4.78 is 21.9. The van der Waals surface area contributed by atoms with Crippen molar-refractivity contribution in [2.24, 2.45) is 11.8 Å². The zero-order valence-corrected chi connectivity index (χ0v) is 16.8. The molecule has 158 valence electrons. The van der Waals surface area contributed by atoms with Crippen LogP contribution in [0.15, 0.2) is 24.3 Å². The van der Waals surface area contributed by atoms with Crippen LogP contribution in [0.3, 0.4) is 0 Å². The Kier molecular flexibility index (Phi) is 4.48. The van der Waals surface area contributed by atoms with E-state index in [1.165, 1.54) is 0 Å². The number of aliphatic hydroxyl groups is 1. The van der Waals surface area contributed by atoms with Crippen molar-refractivity contribution < 1.29 is 38.6 Å². The van der Waals surface area contributed by atoms with Gasteiger partial charge in [-0.2, -0.15) is 4.89 Å². The maximum Gasteiger partial charge on any atom is 0.310 e. The van der Waals surface area contributed by atoms with E-state index in [1.54, 1.807) is 27.4 Å². The molecule has 1 N–H and O–H groups in total. The van der Waals surface area contributed by atoms with Crippen molar-refractivity contribution in [3.63, 3.8) is 0 Å². The zero-order valence-electron chi connectivity index (χ0n) is 16.8. The maximum absolute atomic E-state index is 12.7. The summed E-state index contributed by atoms with van der Waals surface area (Å²) in [5.41, 5.74) is 3.22. The highest BCUT2D eigenvalue weighted by atomic mass is 17.2. The number of carbonyl (C=O) groups is 1. The molecular weight excluding hydrogens is 392 g/mol. The molecule has 0 aromatic heterocycles. The lowest BCUT2D eigenvalue weighted by Gasteiger charge is -2.37. The third kappa shape index (κ3) is 2.64. The molecule has 2 aromatic rings. The van der Waals surface area contributed by atoms with E-state index in [2.05, 4.69) is 0 Å². The molecule has 0 saturated carbocycles. The van der Waals surface area contributed by atoms with Crippen molar-refractivity contribution in [3.05, 3.63) is 46.5 Å². The monoisotopic (exact) mass is 414 g/mol. The van der Waals surface area contributed by atoms with Gasteiger partial charge < -0.3 is 28.9 Å². The van der Waals surface area contributed by atoms with E-state index in [-0.39, 0.29) is 24.4 Å². The Hall–Kier alpha value is -2.97. The van der Waals surface area contributed by atoms with Gasteiger partial charge in [-0.15, -0.1) is 0 Å². The van der Waals surface area contributed by atoms with Crippen molar-refractivity contribution in [3.8, 4) is 23.0 Å². The predicted molar refractivity (Wildman–Crippen MR) is 103 cm³/mol. The van der Waals surface area contributed by atoms with Crippen LogP contribution < -0.4 is 19.1 Å². The number of methoxy groups -OCH3 is 3. The van der Waals surface area contributed by atoms with Crippen molar-refractivity contribution in [1.29, 1.82) is 0 Å². The van der Waals surface area contributed by atoms with Crippen LogP contribution in [-0.4, -0.2) is 39.0 Å². The van der Waals surface area contributed by atoms with E-state index in [0.717, 1.165) is 16.7 Å². The van der Waals surface area contributed by atoms with Crippen molar-refractivity contribution in [1.82, 2.24) is 0 Å². The number of hydrogen-bond donors (Lipinski definition) is 1. The number of hydrogen-bond acceptors (Lipinski definition) is 8. The molecule has 0 bridgehead atoms. The Morgan fingerprint density at radius 2 is 1.73 bits per heavy atom. The largest absolute Gasteiger partial charge is 0.493 e. The maximum atomic E-state index is 12.7. The number of cyclic esters (lactones) is 1. The van der Waals surface area contributed by atoms with Gasteiger partial charge in [0, 0.05) is 17.4 Å². The average Bonchev–Trinajstić information content (AvgIpc) is 3.38. The average molecular weight is 414 g/mol. The van der Waals surface area contributed by atoms with Crippen LogP contribution in [0.2, 0.25) is 0 Å². The molecule has 1 saturated heterocycles. The van der Waals surface area contributed by atoms with Crippen LogP contribution in [0.1, 0.15) is 34.3 Å². The quantitative estimate of drug-likeness (QED) is 0.603. The van der Waals surface area contributed by atoms with Gasteiger partial charge in [0.25, 0.3) is 0 Å². The number of aliphatic hydroxyl groups excluding tert-OH is 1. The third-order valence-corrected chi connectivity index (χ3v) is 6.25. The zero-order chi connectivity index (χ0) is 21.0. The molecule has 1 fully saturated rings. The number of rotatable bonds is 4. The van der Waals surface area contributed by atoms with Crippen molar-refractivity contribution >= 4 is 5.97 Å². The Morgan fingerprint density at radius 3 is 2.40 bits per heavy atom. The first-order valence-electron chi connectivity index (χ1n) is 9.68. The van der Waals surface area contributed by atoms with Crippen LogP contribution in [0.5, 0.6) is 23.0 Å². The summed E-state index contributed by atoms with van der Waals surface area (Å²) in [4.78, 5) is 23.1. The molecule has 8 heteroatoms. The van der Waals surface area contributed by atoms with Gasteiger partial charge in [-0.05, 0) is 41.0 Å². The first-order chi connectivity index (χ1) is 14.6. The molecule has 0 spiro atoms. The summed E-state index contributed by atoms with van der Waals surface area (Å²) in [6, 6.07) is 7.43. The van der Waals surface area contributed by atoms with Gasteiger partial charge >= 0.3 is 5.97 Å². The fourth-order valence-corrected chi connectivity index (χ4v) is 4.85. The highest BCUT2D eigenvalue weighted by molar-refractivity contribution is 5.78. The Labute approximate surface area is 173 Å². The summed E-state index contributed by atoms with van der Waals surface area (Å²) in [6.07, 6.45) is -0.843. The predicted octanol–water partition coefficient (Wildman–Crippen LogP) is 2.50. The molecule has 8 nitrogen and oxygen atoms in total. The number of benzene rings is 2. The Balaban J connectivity index is 1.74. The van der Waals surface area contributed by atoms with Gasteiger partial charge in [0.15, 0.2) is 17.2 Å². The van der Waals surface area contributed by atoms with Crippen molar-refractivity contribution in [2.45, 2.75) is 18.6 Å². The second-order valence-corrected chi connectivity index (χ2v) is 7.64. The fraction of sp³-hybridized carbons (Fsp3) is 0.409. The normalized spacial score (nSPS) is 26.2. The number of carbonyl (C=O) groups excluding carboxylic acids is 1. The molecule has 0 radical (unpaired) electrons. The third-order valence-electron chi connectivity index (χ3n) is 6.25. The number of fused-ring (bicyclic) bond motifs is 3. The summed E-state index contributed by atoms with van der Waals surface area (Å²) in [7, 11) is 4.64. The minimum Gasteiger partial charge on any atom is -0.493 e. The van der Waals surface area contributed by atoms with Gasteiger partial charge in [-0.25, -0.2) is 0 Å². The standard InChI is InChI=1S/C22H22O8/c1-25-16-5-10(6-17(26-2)21(16)27-3)18-12-4-11-8-29-30-15(11)7-13(12)20(23)14-9-28-22(24)19(14)18/h4-7,14,18-20,23H,8-9H2,1-3H3/t14-,18-,19+,20+/m1/s1. The van der Waals surface area contributed by atoms with Crippen LogP contribution in [0.4, 0.5) is 0 Å². The SMILES string of the molecule is COc1cc([C@@H]2c3cc4c(cc3[C@H](O)[C@@H]3COC(=O)[C@H]23)OOC4)cc(OC)c1OC. The van der Waals surface area contributed by atoms with Crippen LogP contribution in [0.25, 0.3) is 0 Å². The molecule has 0 unspecified atom stereocenters. The molecule has 2 aromatic carbocycles. The molecule has 2 aliphatic heterocycles. The molecule has 2 heterocycles. The smallest absolute Gasteiger partial charge is 0.310 e. The lowest BCUT2D eigenvalue weighted by atomic mass is 9.66. The van der Waals surface area contributed by atoms with Gasteiger partial charge in [-0.3, -0.25) is 4.79 Å². The summed E-state index contributed by atoms with van der Waals surface area (Å²) in [5.74, 6) is 0.470. The van der Waals surface area contributed by atoms with Gasteiger partial charge in [0.05, 0.1) is 40.0 Å². The topological polar surface area (TPSA) is 92.7 Å². The minimum absolute atomic E-state index is 0.166. The highest BCUT2D eigenvalue weighted by Gasteiger charge is 2.52. The van der Waals surface area contributed by atoms with E-state index >= 15 is 0 Å². The second-order valence-electron chi connectivity index (χ2n) is 7.64. The summed E-state index contributed by atoms with van der Waals surface area (Å²) in [5, 5.41) is 11.0. The lowest BCUT2D eigenvalue weighted by Crippen LogP contribution is -2.34. The van der Waals surface area contributed by atoms with Gasteiger partial charge in [-0.1, -0.05) is 0 Å². The molecule has 4 atom stereocenters. The minimum atomic E-state index is -0.843. The van der Waals surface area contributed by atoms with Crippen LogP contribution in [0, 0.1) is 11.8 Å². The summed E-state index contributed by atoms with van der Waals surface area (Å²) in [6.45, 7) is 0.471. The van der Waals surface area contributed by atoms with Crippen LogP contribution >= 0.6 is 0 Å². The van der Waals surface area contributed by atoms with Crippen molar-refractivity contribution in [2.75, 3.05) is 27.9 Å². The van der Waals surface area contributed by atoms with Gasteiger partial charge in [0.2, 0.25) is 5.75 Å². The first-order valence-corrected chi connectivity index (χ1v) is 9.68. The van der Waals surface area contributed by atoms with E-state index in [0.29, 0.717) is 35.2 Å². The number of esters is 1. The highest BCUT2D eigenvalue weighted by Crippen LogP contribution is 2.54. The van der Waals surface area contributed by atoms with Crippen LogP contribution in [-0.2, 0) is 21.0 Å². The fourth-order valence-electron chi connectivity index (χ4n) is 4.85. The van der Waals surface area contributed by atoms with Gasteiger partial charge in [0.1, 0.15) is 6.61 Å². The van der Waals surface area contributed by atoms with E-state index in [4.69, 9.17) is 28.7 Å². The first kappa shape index (κ1) is 19.0. The Bertz CT molecular complexity index is 991. The lowest BCUT2D eigenvalue weighted by molar-refractivity contribution is -0.194. The Morgan fingerprint density at radius 1 is 1.00 bits per heavy atom. The van der Waals surface area contributed by atoms with E-state index in [1.807, 2.05) is 18.2 Å². The number of ether oxygens (including phenoxy) is 4. The molecular formula is C22H22O8.